The fourth-order valence-electron chi connectivity index (χ4n) is 1.83. The molecule has 0 unspecified atom stereocenters. The van der Waals surface area contributed by atoms with E-state index in [1.165, 1.54) is 17.6 Å². The molecule has 0 aliphatic carbocycles. The molecule has 0 fully saturated rings. The van der Waals surface area contributed by atoms with Crippen molar-refractivity contribution in [3.63, 3.8) is 0 Å². The van der Waals surface area contributed by atoms with Crippen LogP contribution in [0.4, 0.5) is 10.7 Å². The Morgan fingerprint density at radius 1 is 0.957 bits per heavy atom. The van der Waals surface area contributed by atoms with E-state index in [0.717, 1.165) is 4.47 Å². The molecule has 2 amide bonds. The third kappa shape index (κ3) is 3.88. The number of anilines is 2. The fraction of sp³-hybridized carbons (Fsp3) is 0. The van der Waals surface area contributed by atoms with E-state index >= 15 is 0 Å². The minimum atomic E-state index is -0.350. The highest BCUT2D eigenvalue weighted by Gasteiger charge is 2.13. The van der Waals surface area contributed by atoms with Crippen molar-refractivity contribution in [2.24, 2.45) is 0 Å². The molecule has 2 N–H and O–H groups in total. The van der Waals surface area contributed by atoms with Crippen LogP contribution < -0.4 is 10.6 Å². The summed E-state index contributed by atoms with van der Waals surface area (Å²) in [5, 5.41) is 6.07. The zero-order valence-electron chi connectivity index (χ0n) is 11.7. The second-order valence-electron chi connectivity index (χ2n) is 4.56. The van der Waals surface area contributed by atoms with Gasteiger partial charge in [-0.2, -0.15) is 0 Å². The van der Waals surface area contributed by atoms with Crippen molar-refractivity contribution < 1.29 is 14.0 Å². The SMILES string of the molecule is O=C(Nc1ccc(C(=O)Nc2ccc(Br)cc2)s1)c1ccco1. The number of thiophene rings is 1. The van der Waals surface area contributed by atoms with Crippen LogP contribution in [-0.4, -0.2) is 11.8 Å². The third-order valence-corrected chi connectivity index (χ3v) is 4.44. The molecule has 0 aliphatic heterocycles. The molecule has 0 atom stereocenters. The Morgan fingerprint density at radius 3 is 2.43 bits per heavy atom. The Morgan fingerprint density at radius 2 is 1.74 bits per heavy atom. The molecule has 23 heavy (non-hydrogen) atoms. The summed E-state index contributed by atoms with van der Waals surface area (Å²) < 4.78 is 5.96. The lowest BCUT2D eigenvalue weighted by atomic mass is 10.3. The molecule has 0 saturated carbocycles. The average Bonchev–Trinajstić information content (AvgIpc) is 3.20. The summed E-state index contributed by atoms with van der Waals surface area (Å²) in [6.45, 7) is 0. The maximum atomic E-state index is 12.2. The first-order chi connectivity index (χ1) is 11.1. The van der Waals surface area contributed by atoms with E-state index in [2.05, 4.69) is 26.6 Å². The van der Waals surface area contributed by atoms with Crippen molar-refractivity contribution in [3.05, 3.63) is 69.9 Å². The second-order valence-corrected chi connectivity index (χ2v) is 6.56. The number of rotatable bonds is 4. The van der Waals surface area contributed by atoms with Gasteiger partial charge in [-0.15, -0.1) is 11.3 Å². The molecular weight excluding hydrogens is 380 g/mol. The van der Waals surface area contributed by atoms with E-state index in [4.69, 9.17) is 4.42 Å². The highest BCUT2D eigenvalue weighted by Crippen LogP contribution is 2.24. The second kappa shape index (κ2) is 6.80. The molecule has 1 aromatic carbocycles. The molecule has 116 valence electrons. The van der Waals surface area contributed by atoms with Gasteiger partial charge in [0.05, 0.1) is 16.1 Å². The summed E-state index contributed by atoms with van der Waals surface area (Å²) in [6, 6.07) is 13.9. The van der Waals surface area contributed by atoms with Crippen LogP contribution in [0, 0.1) is 0 Å². The first kappa shape index (κ1) is 15.5. The summed E-state index contributed by atoms with van der Waals surface area (Å²) in [5.41, 5.74) is 0.702. The van der Waals surface area contributed by atoms with Crippen LogP contribution in [0.5, 0.6) is 0 Å². The highest BCUT2D eigenvalue weighted by molar-refractivity contribution is 9.10. The zero-order valence-corrected chi connectivity index (χ0v) is 14.1. The van der Waals surface area contributed by atoms with Gasteiger partial charge in [-0.25, -0.2) is 0 Å². The lowest BCUT2D eigenvalue weighted by Crippen LogP contribution is -2.10. The smallest absolute Gasteiger partial charge is 0.291 e. The van der Waals surface area contributed by atoms with Crippen LogP contribution in [0.15, 0.2) is 63.7 Å². The summed E-state index contributed by atoms with van der Waals surface area (Å²) >= 11 is 4.53. The van der Waals surface area contributed by atoms with Crippen LogP contribution in [0.25, 0.3) is 0 Å². The molecule has 7 heteroatoms. The highest BCUT2D eigenvalue weighted by atomic mass is 79.9. The van der Waals surface area contributed by atoms with Gasteiger partial charge in [0.1, 0.15) is 0 Å². The van der Waals surface area contributed by atoms with Gasteiger partial charge in [-0.3, -0.25) is 9.59 Å². The number of hydrogen-bond acceptors (Lipinski definition) is 4. The Labute approximate surface area is 144 Å². The molecule has 0 aliphatic rings. The first-order valence-corrected chi connectivity index (χ1v) is 8.24. The average molecular weight is 391 g/mol. The van der Waals surface area contributed by atoms with E-state index in [-0.39, 0.29) is 17.6 Å². The summed E-state index contributed by atoms with van der Waals surface area (Å²) in [7, 11) is 0. The molecule has 5 nitrogen and oxygen atoms in total. The molecular formula is C16H11BrN2O3S. The van der Waals surface area contributed by atoms with Gasteiger partial charge in [0, 0.05) is 10.2 Å². The van der Waals surface area contributed by atoms with Gasteiger partial charge in [0.15, 0.2) is 5.76 Å². The van der Waals surface area contributed by atoms with Gasteiger partial charge in [-0.1, -0.05) is 15.9 Å². The maximum Gasteiger partial charge on any atom is 0.291 e. The third-order valence-electron chi connectivity index (χ3n) is 2.91. The van der Waals surface area contributed by atoms with Gasteiger partial charge < -0.3 is 15.1 Å². The van der Waals surface area contributed by atoms with Crippen LogP contribution in [0.2, 0.25) is 0 Å². The number of carbonyl (C=O) groups excluding carboxylic acids is 2. The van der Waals surface area contributed by atoms with Crippen molar-refractivity contribution in [3.8, 4) is 0 Å². The lowest BCUT2D eigenvalue weighted by molar-refractivity contribution is 0.0995. The van der Waals surface area contributed by atoms with Crippen LogP contribution in [0.1, 0.15) is 20.2 Å². The van der Waals surface area contributed by atoms with Crippen molar-refractivity contribution >= 4 is 49.8 Å². The monoisotopic (exact) mass is 390 g/mol. The van der Waals surface area contributed by atoms with Crippen LogP contribution in [0.3, 0.4) is 0 Å². The van der Waals surface area contributed by atoms with Crippen molar-refractivity contribution in [2.75, 3.05) is 10.6 Å². The molecule has 3 aromatic rings. The Balaban J connectivity index is 1.65. The van der Waals surface area contributed by atoms with Crippen LogP contribution in [-0.2, 0) is 0 Å². The summed E-state index contributed by atoms with van der Waals surface area (Å²) in [6.07, 6.45) is 1.43. The van der Waals surface area contributed by atoms with Gasteiger partial charge in [-0.05, 0) is 48.5 Å². The largest absolute Gasteiger partial charge is 0.459 e. The number of furan rings is 1. The van der Waals surface area contributed by atoms with E-state index in [1.807, 2.05) is 12.1 Å². The Bertz CT molecular complexity index is 825. The van der Waals surface area contributed by atoms with Crippen molar-refractivity contribution in [2.45, 2.75) is 0 Å². The zero-order chi connectivity index (χ0) is 16.2. The molecule has 0 radical (unpaired) electrons. The Hall–Kier alpha value is -2.38. The molecule has 2 aromatic heterocycles. The number of halogens is 1. The Kier molecular flexibility index (Phi) is 4.59. The first-order valence-electron chi connectivity index (χ1n) is 6.63. The predicted octanol–water partition coefficient (Wildman–Crippen LogP) is 4.61. The fourth-order valence-corrected chi connectivity index (χ4v) is 2.90. The lowest BCUT2D eigenvalue weighted by Gasteiger charge is -2.03. The predicted molar refractivity (Wildman–Crippen MR) is 93.1 cm³/mol. The molecule has 2 heterocycles. The number of amides is 2. The number of benzene rings is 1. The molecule has 0 bridgehead atoms. The van der Waals surface area contributed by atoms with Crippen molar-refractivity contribution in [1.29, 1.82) is 0 Å². The quantitative estimate of drug-likeness (QED) is 0.683. The van der Waals surface area contributed by atoms with E-state index in [9.17, 15) is 9.59 Å². The molecule has 0 spiro atoms. The van der Waals surface area contributed by atoms with E-state index < -0.39 is 0 Å². The van der Waals surface area contributed by atoms with Gasteiger partial charge >= 0.3 is 0 Å². The number of carbonyl (C=O) groups is 2. The van der Waals surface area contributed by atoms with Gasteiger partial charge in [0.2, 0.25) is 0 Å². The topological polar surface area (TPSA) is 71.3 Å². The van der Waals surface area contributed by atoms with Gasteiger partial charge in [0.25, 0.3) is 11.8 Å². The molecule has 0 saturated heterocycles. The van der Waals surface area contributed by atoms with E-state index in [0.29, 0.717) is 15.6 Å². The summed E-state index contributed by atoms with van der Waals surface area (Å²) in [5.74, 6) is -0.355. The maximum absolute atomic E-state index is 12.2. The standard InChI is InChI=1S/C16H11BrN2O3S/c17-10-3-5-11(6-4-10)18-16(21)13-7-8-14(23-13)19-15(20)12-2-1-9-22-12/h1-9H,(H,18,21)(H,19,20). The normalized spacial score (nSPS) is 10.3. The van der Waals surface area contributed by atoms with Crippen molar-refractivity contribution in [1.82, 2.24) is 0 Å². The van der Waals surface area contributed by atoms with Crippen LogP contribution >= 0.6 is 27.3 Å². The number of nitrogens with one attached hydrogen (secondary N) is 2. The molecule has 3 rings (SSSR count). The minimum absolute atomic E-state index is 0.222. The summed E-state index contributed by atoms with van der Waals surface area (Å²) in [4.78, 5) is 24.6. The van der Waals surface area contributed by atoms with E-state index in [1.54, 1.807) is 36.4 Å². The minimum Gasteiger partial charge on any atom is -0.459 e. The number of hydrogen-bond donors (Lipinski definition) is 2.